The van der Waals surface area contributed by atoms with E-state index in [2.05, 4.69) is 11.8 Å². The van der Waals surface area contributed by atoms with Crippen molar-refractivity contribution in [3.8, 4) is 0 Å². The zero-order chi connectivity index (χ0) is 19.4. The van der Waals surface area contributed by atoms with Crippen LogP contribution in [-0.4, -0.2) is 39.4 Å². The van der Waals surface area contributed by atoms with Crippen LogP contribution in [0.4, 0.5) is 0 Å². The minimum atomic E-state index is -0.774. The molecule has 0 bridgehead atoms. The van der Waals surface area contributed by atoms with Gasteiger partial charge in [0.25, 0.3) is 0 Å². The van der Waals surface area contributed by atoms with Crippen LogP contribution in [0.3, 0.4) is 0 Å². The number of carboxylic acid groups (broad SMARTS) is 1. The van der Waals surface area contributed by atoms with Gasteiger partial charge in [-0.2, -0.15) is 0 Å². The maximum atomic E-state index is 12.2. The van der Waals surface area contributed by atoms with Gasteiger partial charge >= 0.3 is 5.97 Å². The molecule has 26 heavy (non-hydrogen) atoms. The molecule has 0 radical (unpaired) electrons. The summed E-state index contributed by atoms with van der Waals surface area (Å²) in [7, 11) is 0. The summed E-state index contributed by atoms with van der Waals surface area (Å²) in [5.41, 5.74) is 0. The highest BCUT2D eigenvalue weighted by molar-refractivity contribution is 5.84. The number of rotatable bonds is 14. The number of carbonyl (C=O) groups excluding carboxylic acids is 1. The molecular weight excluding hydrogens is 336 g/mol. The lowest BCUT2D eigenvalue weighted by atomic mass is 9.88. The van der Waals surface area contributed by atoms with E-state index >= 15 is 0 Å². The van der Waals surface area contributed by atoms with E-state index in [1.165, 1.54) is 0 Å². The largest absolute Gasteiger partial charge is 0.481 e. The van der Waals surface area contributed by atoms with Crippen molar-refractivity contribution in [1.82, 2.24) is 0 Å². The lowest BCUT2D eigenvalue weighted by molar-refractivity contribution is -0.267. The normalized spacial score (nSPS) is 24.4. The summed E-state index contributed by atoms with van der Waals surface area (Å²) >= 11 is 0. The maximum absolute atomic E-state index is 12.2. The lowest BCUT2D eigenvalue weighted by Crippen LogP contribution is -2.19. The Hall–Kier alpha value is -1.24. The number of ketones is 1. The van der Waals surface area contributed by atoms with Crippen LogP contribution in [0, 0.1) is 11.8 Å². The number of aliphatic hydroxyl groups is 1. The van der Waals surface area contributed by atoms with E-state index in [0.29, 0.717) is 19.3 Å². The Kier molecular flexibility index (Phi) is 11.4. The molecule has 1 unspecified atom stereocenters. The molecule has 0 aromatic carbocycles. The minimum Gasteiger partial charge on any atom is -0.481 e. The zero-order valence-electron chi connectivity index (χ0n) is 15.8. The first-order chi connectivity index (χ1) is 12.5. The number of carbonyl (C=O) groups is 2. The summed E-state index contributed by atoms with van der Waals surface area (Å²) in [6.07, 6.45) is 10.7. The Balaban J connectivity index is 2.46. The lowest BCUT2D eigenvalue weighted by Gasteiger charge is -2.18. The van der Waals surface area contributed by atoms with Crippen LogP contribution in [0.2, 0.25) is 0 Å². The summed E-state index contributed by atoms with van der Waals surface area (Å²) < 4.78 is 0. The average Bonchev–Trinajstić information content (AvgIpc) is 2.87. The molecule has 6 heteroatoms. The molecular formula is C20H34O6. The highest BCUT2D eigenvalue weighted by atomic mass is 17.1. The van der Waals surface area contributed by atoms with Gasteiger partial charge in [-0.15, -0.1) is 0 Å². The van der Waals surface area contributed by atoms with Gasteiger partial charge in [0.15, 0.2) is 0 Å². The minimum absolute atomic E-state index is 0.0881. The van der Waals surface area contributed by atoms with E-state index in [4.69, 9.17) is 10.4 Å². The standard InChI is InChI=1S/C20H34O6/c1-2-3-6-9-15(26-25)12-13-17-16(18(21)14-19(17)22)10-7-4-5-8-11-20(23)24/h12-13,15-17,19,22,25H,2-11,14H2,1H3,(H,23,24)/b13-12+/t15?,16-,17-,19-/m1/s1. The first-order valence-electron chi connectivity index (χ1n) is 9.90. The molecule has 0 amide bonds. The molecule has 0 aliphatic heterocycles. The van der Waals surface area contributed by atoms with Crippen LogP contribution >= 0.6 is 0 Å². The van der Waals surface area contributed by atoms with Crippen molar-refractivity contribution in [2.45, 2.75) is 89.8 Å². The summed E-state index contributed by atoms with van der Waals surface area (Å²) in [5, 5.41) is 27.8. The summed E-state index contributed by atoms with van der Waals surface area (Å²) in [5.74, 6) is -1.12. The molecule has 1 rings (SSSR count). The molecule has 4 atom stereocenters. The Morgan fingerprint density at radius 2 is 1.96 bits per heavy atom. The number of aliphatic hydroxyl groups excluding tert-OH is 1. The third-order valence-corrected chi connectivity index (χ3v) is 5.16. The van der Waals surface area contributed by atoms with Crippen molar-refractivity contribution < 1.29 is 29.9 Å². The number of unbranched alkanes of at least 4 members (excludes halogenated alkanes) is 5. The molecule has 0 spiro atoms. The van der Waals surface area contributed by atoms with E-state index in [0.717, 1.165) is 38.5 Å². The maximum Gasteiger partial charge on any atom is 0.303 e. The average molecular weight is 370 g/mol. The highest BCUT2D eigenvalue weighted by Gasteiger charge is 2.39. The third-order valence-electron chi connectivity index (χ3n) is 5.16. The number of aliphatic carboxylic acids is 1. The Morgan fingerprint density at radius 3 is 2.62 bits per heavy atom. The fourth-order valence-corrected chi connectivity index (χ4v) is 3.62. The number of hydrogen-bond acceptors (Lipinski definition) is 5. The van der Waals surface area contributed by atoms with E-state index in [1.807, 2.05) is 6.08 Å². The zero-order valence-corrected chi connectivity index (χ0v) is 15.8. The van der Waals surface area contributed by atoms with Gasteiger partial charge in [0.1, 0.15) is 11.9 Å². The molecule has 0 saturated heterocycles. The molecule has 150 valence electrons. The van der Waals surface area contributed by atoms with Gasteiger partial charge in [-0.05, 0) is 19.3 Å². The van der Waals surface area contributed by atoms with Crippen LogP contribution in [0.1, 0.15) is 77.6 Å². The summed E-state index contributed by atoms with van der Waals surface area (Å²) in [6.45, 7) is 2.11. The predicted octanol–water partition coefficient (Wildman–Crippen LogP) is 3.97. The van der Waals surface area contributed by atoms with Crippen molar-refractivity contribution in [3.63, 3.8) is 0 Å². The van der Waals surface area contributed by atoms with Crippen molar-refractivity contribution in [2.24, 2.45) is 11.8 Å². The van der Waals surface area contributed by atoms with Crippen molar-refractivity contribution in [2.75, 3.05) is 0 Å². The molecule has 1 fully saturated rings. The Labute approximate surface area is 156 Å². The first-order valence-corrected chi connectivity index (χ1v) is 9.90. The summed E-state index contributed by atoms with van der Waals surface area (Å²) in [6, 6.07) is 0. The predicted molar refractivity (Wildman–Crippen MR) is 98.7 cm³/mol. The van der Waals surface area contributed by atoms with Crippen LogP contribution in [0.5, 0.6) is 0 Å². The molecule has 3 N–H and O–H groups in total. The van der Waals surface area contributed by atoms with Crippen LogP contribution in [-0.2, 0) is 14.5 Å². The Bertz CT molecular complexity index is 448. The molecule has 6 nitrogen and oxygen atoms in total. The van der Waals surface area contributed by atoms with Gasteiger partial charge in [0.05, 0.1) is 6.10 Å². The SMILES string of the molecule is CCCCCC(/C=C/[C@H]1[C@H](O)CC(=O)[C@@H]1CCCCCCC(=O)O)OO. The van der Waals surface area contributed by atoms with Gasteiger partial charge in [0, 0.05) is 24.7 Å². The number of carboxylic acids is 1. The van der Waals surface area contributed by atoms with Crippen LogP contribution in [0.15, 0.2) is 12.2 Å². The molecule has 0 aromatic heterocycles. The van der Waals surface area contributed by atoms with Crippen molar-refractivity contribution in [1.29, 1.82) is 0 Å². The second kappa shape index (κ2) is 13.0. The van der Waals surface area contributed by atoms with Crippen LogP contribution < -0.4 is 0 Å². The van der Waals surface area contributed by atoms with E-state index < -0.39 is 18.2 Å². The van der Waals surface area contributed by atoms with Crippen LogP contribution in [0.25, 0.3) is 0 Å². The van der Waals surface area contributed by atoms with E-state index in [1.54, 1.807) is 6.08 Å². The monoisotopic (exact) mass is 370 g/mol. The van der Waals surface area contributed by atoms with Gasteiger partial charge in [-0.3, -0.25) is 14.8 Å². The quantitative estimate of drug-likeness (QED) is 0.185. The second-order valence-electron chi connectivity index (χ2n) is 7.29. The molecule has 0 aromatic rings. The molecule has 1 aliphatic carbocycles. The highest BCUT2D eigenvalue weighted by Crippen LogP contribution is 2.34. The van der Waals surface area contributed by atoms with E-state index in [-0.39, 0.29) is 30.5 Å². The number of hydrogen-bond donors (Lipinski definition) is 3. The molecule has 1 aliphatic rings. The molecule has 1 saturated carbocycles. The van der Waals surface area contributed by atoms with Gasteiger partial charge in [-0.1, -0.05) is 57.6 Å². The van der Waals surface area contributed by atoms with Crippen molar-refractivity contribution >= 4 is 11.8 Å². The van der Waals surface area contributed by atoms with Crippen molar-refractivity contribution in [3.05, 3.63) is 12.2 Å². The fourth-order valence-electron chi connectivity index (χ4n) is 3.62. The van der Waals surface area contributed by atoms with E-state index in [9.17, 15) is 14.7 Å². The number of Topliss-reactive ketones (excluding diaryl/α,β-unsaturated/α-hetero) is 1. The first kappa shape index (κ1) is 22.8. The summed E-state index contributed by atoms with van der Waals surface area (Å²) in [4.78, 5) is 27.2. The third kappa shape index (κ3) is 8.43. The Morgan fingerprint density at radius 1 is 1.23 bits per heavy atom. The second-order valence-corrected chi connectivity index (χ2v) is 7.29. The fraction of sp³-hybridized carbons (Fsp3) is 0.800. The van der Waals surface area contributed by atoms with Gasteiger partial charge in [0.2, 0.25) is 0 Å². The topological polar surface area (TPSA) is 104 Å². The molecule has 0 heterocycles. The van der Waals surface area contributed by atoms with Gasteiger partial charge < -0.3 is 10.2 Å². The van der Waals surface area contributed by atoms with Gasteiger partial charge in [-0.25, -0.2) is 4.89 Å². The smallest absolute Gasteiger partial charge is 0.303 e.